The second kappa shape index (κ2) is 4.94. The van der Waals surface area contributed by atoms with Crippen LogP contribution in [0.25, 0.3) is 11.0 Å². The van der Waals surface area contributed by atoms with Crippen LogP contribution in [0, 0.1) is 5.82 Å². The van der Waals surface area contributed by atoms with E-state index in [1.165, 1.54) is 6.07 Å². The molecule has 17 heavy (non-hydrogen) atoms. The highest BCUT2D eigenvalue weighted by atomic mass is 79.9. The molecule has 0 aliphatic carbocycles. The molecule has 0 N–H and O–H groups in total. The van der Waals surface area contributed by atoms with Crippen molar-refractivity contribution in [1.82, 2.24) is 9.55 Å². The van der Waals surface area contributed by atoms with Gasteiger partial charge >= 0.3 is 0 Å². The predicted molar refractivity (Wildman–Crippen MR) is 72.0 cm³/mol. The summed E-state index contributed by atoms with van der Waals surface area (Å²) in [5.74, 6) is 0.494. The van der Waals surface area contributed by atoms with E-state index < -0.39 is 0 Å². The Labute approximate surface area is 113 Å². The summed E-state index contributed by atoms with van der Waals surface area (Å²) in [5.41, 5.74) is 1.57. The van der Waals surface area contributed by atoms with E-state index in [1.54, 1.807) is 6.07 Å². The zero-order valence-electron chi connectivity index (χ0n) is 9.67. The van der Waals surface area contributed by atoms with Crippen LogP contribution < -0.4 is 0 Å². The summed E-state index contributed by atoms with van der Waals surface area (Å²) in [6.07, 6.45) is 0.983. The smallest absolute Gasteiger partial charge is 0.139 e. The van der Waals surface area contributed by atoms with E-state index in [2.05, 4.69) is 32.4 Å². The van der Waals surface area contributed by atoms with E-state index >= 15 is 0 Å². The molecule has 0 saturated carbocycles. The molecule has 0 amide bonds. The predicted octanol–water partition coefficient (Wildman–Crippen LogP) is 4.65. The summed E-state index contributed by atoms with van der Waals surface area (Å²) < 4.78 is 16.0. The first kappa shape index (κ1) is 12.8. The van der Waals surface area contributed by atoms with Crippen LogP contribution in [0.5, 0.6) is 0 Å². The van der Waals surface area contributed by atoms with Crippen molar-refractivity contribution in [3.63, 3.8) is 0 Å². The Hall–Kier alpha value is -0.610. The zero-order chi connectivity index (χ0) is 12.6. The molecule has 1 aromatic heterocycles. The van der Waals surface area contributed by atoms with Gasteiger partial charge in [-0.3, -0.25) is 0 Å². The average Bonchev–Trinajstić information content (AvgIpc) is 2.59. The summed E-state index contributed by atoms with van der Waals surface area (Å²) in [6, 6.07) is 3.20. The number of alkyl halides is 1. The number of nitrogens with zero attached hydrogens (tertiary/aromatic N) is 2. The molecule has 2 aromatic rings. The number of aromatic nitrogens is 2. The van der Waals surface area contributed by atoms with Gasteiger partial charge in [0, 0.05) is 12.6 Å². The quantitative estimate of drug-likeness (QED) is 0.753. The maximum atomic E-state index is 13.4. The molecule has 1 aromatic carbocycles. The molecule has 0 radical (unpaired) electrons. The molecule has 2 nitrogen and oxygen atoms in total. The van der Waals surface area contributed by atoms with Crippen LogP contribution in [-0.2, 0) is 6.54 Å². The third-order valence-corrected chi connectivity index (χ3v) is 3.43. The minimum absolute atomic E-state index is 0.184. The number of rotatable bonds is 3. The van der Waals surface area contributed by atoms with Gasteiger partial charge in [-0.05, 0) is 35.3 Å². The van der Waals surface area contributed by atoms with Crippen molar-refractivity contribution in [2.75, 3.05) is 0 Å². The average molecular weight is 320 g/mol. The number of hydrogen-bond donors (Lipinski definition) is 0. The summed E-state index contributed by atoms with van der Waals surface area (Å²) in [5, 5.41) is -0.184. The molecule has 0 aliphatic rings. The fourth-order valence-electron chi connectivity index (χ4n) is 1.90. The van der Waals surface area contributed by atoms with Crippen LogP contribution in [0.15, 0.2) is 16.6 Å². The van der Waals surface area contributed by atoms with Gasteiger partial charge in [0.05, 0.1) is 20.9 Å². The van der Waals surface area contributed by atoms with Crippen LogP contribution in [0.2, 0.25) is 0 Å². The zero-order valence-corrected chi connectivity index (χ0v) is 12.0. The Morgan fingerprint density at radius 3 is 2.82 bits per heavy atom. The van der Waals surface area contributed by atoms with Gasteiger partial charge in [0.2, 0.25) is 0 Å². The maximum absolute atomic E-state index is 13.4. The van der Waals surface area contributed by atoms with Crippen molar-refractivity contribution in [3.8, 4) is 0 Å². The molecule has 0 fully saturated rings. The summed E-state index contributed by atoms with van der Waals surface area (Å²) >= 11 is 9.31. The van der Waals surface area contributed by atoms with Crippen LogP contribution in [0.3, 0.4) is 0 Å². The van der Waals surface area contributed by atoms with Gasteiger partial charge < -0.3 is 4.57 Å². The van der Waals surface area contributed by atoms with Gasteiger partial charge in [-0.25, -0.2) is 9.37 Å². The Balaban J connectivity index is 2.71. The monoisotopic (exact) mass is 318 g/mol. The molecule has 0 spiro atoms. The van der Waals surface area contributed by atoms with Gasteiger partial charge in [0.15, 0.2) is 0 Å². The van der Waals surface area contributed by atoms with Crippen LogP contribution in [0.1, 0.15) is 31.5 Å². The first-order valence-corrected chi connectivity index (χ1v) is 6.76. The molecule has 5 heteroatoms. The maximum Gasteiger partial charge on any atom is 0.139 e. The molecule has 1 atom stereocenters. The van der Waals surface area contributed by atoms with E-state index in [1.807, 2.05) is 6.92 Å². The third-order valence-electron chi connectivity index (χ3n) is 2.62. The van der Waals surface area contributed by atoms with Crippen molar-refractivity contribution >= 4 is 38.6 Å². The van der Waals surface area contributed by atoms with Crippen LogP contribution in [0.4, 0.5) is 4.39 Å². The van der Waals surface area contributed by atoms with E-state index in [-0.39, 0.29) is 11.2 Å². The van der Waals surface area contributed by atoms with Crippen molar-refractivity contribution in [2.45, 2.75) is 32.2 Å². The normalized spacial score (nSPS) is 13.2. The van der Waals surface area contributed by atoms with E-state index in [0.29, 0.717) is 9.99 Å². The van der Waals surface area contributed by atoms with E-state index in [4.69, 9.17) is 11.6 Å². The van der Waals surface area contributed by atoms with Crippen LogP contribution in [-0.4, -0.2) is 9.55 Å². The minimum Gasteiger partial charge on any atom is -0.327 e. The lowest BCUT2D eigenvalue weighted by atomic mass is 10.3. The molecule has 0 aliphatic heterocycles. The highest BCUT2D eigenvalue weighted by molar-refractivity contribution is 9.10. The van der Waals surface area contributed by atoms with Gasteiger partial charge in [0.1, 0.15) is 11.6 Å². The number of hydrogen-bond acceptors (Lipinski definition) is 1. The molecule has 1 heterocycles. The largest absolute Gasteiger partial charge is 0.327 e. The lowest BCUT2D eigenvalue weighted by molar-refractivity contribution is 0.622. The second-order valence-corrected chi connectivity index (χ2v) is 5.50. The lowest BCUT2D eigenvalue weighted by Gasteiger charge is -2.08. The molecular formula is C12H13BrClFN2. The third kappa shape index (κ3) is 2.33. The second-order valence-electron chi connectivity index (χ2n) is 3.99. The van der Waals surface area contributed by atoms with Crippen molar-refractivity contribution in [1.29, 1.82) is 0 Å². The molecular weight excluding hydrogens is 307 g/mol. The fourth-order valence-corrected chi connectivity index (χ4v) is 2.40. The first-order valence-electron chi connectivity index (χ1n) is 5.53. The summed E-state index contributed by atoms with van der Waals surface area (Å²) in [7, 11) is 0. The van der Waals surface area contributed by atoms with Gasteiger partial charge in [-0.2, -0.15) is 0 Å². The number of benzene rings is 1. The van der Waals surface area contributed by atoms with Gasteiger partial charge in [0.25, 0.3) is 0 Å². The van der Waals surface area contributed by atoms with Crippen molar-refractivity contribution in [3.05, 3.63) is 28.2 Å². The highest BCUT2D eigenvalue weighted by Crippen LogP contribution is 2.28. The Morgan fingerprint density at radius 1 is 1.53 bits per heavy atom. The van der Waals surface area contributed by atoms with E-state index in [0.717, 1.165) is 24.3 Å². The summed E-state index contributed by atoms with van der Waals surface area (Å²) in [4.78, 5) is 4.40. The van der Waals surface area contributed by atoms with Crippen LogP contribution >= 0.6 is 27.5 Å². The van der Waals surface area contributed by atoms with E-state index in [9.17, 15) is 4.39 Å². The van der Waals surface area contributed by atoms with Gasteiger partial charge in [-0.1, -0.05) is 6.92 Å². The van der Waals surface area contributed by atoms with Crippen molar-refractivity contribution in [2.24, 2.45) is 0 Å². The Morgan fingerprint density at radius 2 is 2.24 bits per heavy atom. The molecule has 2 rings (SSSR count). The number of fused-ring (bicyclic) bond motifs is 1. The first-order chi connectivity index (χ1) is 8.04. The standard InChI is InChI=1S/C12H13BrClFN2/c1-3-4-17-11-5-8(13)9(15)6-10(11)16-12(17)7(2)14/h5-7H,3-4H2,1-2H3. The highest BCUT2D eigenvalue weighted by Gasteiger charge is 2.16. The minimum atomic E-state index is -0.299. The SMILES string of the molecule is CCCn1c(C(C)Cl)nc2cc(F)c(Br)cc21. The Kier molecular flexibility index (Phi) is 3.73. The molecule has 92 valence electrons. The number of imidazole rings is 1. The van der Waals surface area contributed by atoms with Crippen molar-refractivity contribution < 1.29 is 4.39 Å². The number of halogens is 3. The molecule has 0 saturated heterocycles. The topological polar surface area (TPSA) is 17.8 Å². The molecule has 0 bridgehead atoms. The Bertz CT molecular complexity index is 551. The molecule has 1 unspecified atom stereocenters. The lowest BCUT2D eigenvalue weighted by Crippen LogP contribution is -2.03. The fraction of sp³-hybridized carbons (Fsp3) is 0.417. The summed E-state index contributed by atoms with van der Waals surface area (Å²) in [6.45, 7) is 4.80. The van der Waals surface area contributed by atoms with Gasteiger partial charge in [-0.15, -0.1) is 11.6 Å². The number of aryl methyl sites for hydroxylation is 1.